The van der Waals surface area contributed by atoms with Crippen molar-refractivity contribution in [2.75, 3.05) is 5.75 Å². The molecule has 18 heavy (non-hydrogen) atoms. The van der Waals surface area contributed by atoms with Gasteiger partial charge in [-0.15, -0.1) is 0 Å². The number of amides is 1. The van der Waals surface area contributed by atoms with Crippen molar-refractivity contribution in [1.82, 2.24) is 20.4 Å². The van der Waals surface area contributed by atoms with Crippen molar-refractivity contribution in [3.63, 3.8) is 0 Å². The molecule has 0 bridgehead atoms. The topological polar surface area (TPSA) is 80.9 Å². The number of rotatable bonds is 5. The van der Waals surface area contributed by atoms with Crippen LogP contribution in [0.1, 0.15) is 11.5 Å². The van der Waals surface area contributed by atoms with E-state index in [0.29, 0.717) is 17.4 Å². The number of hydrogen-bond acceptors (Lipinski definition) is 6. The second kappa shape index (κ2) is 6.15. The Morgan fingerprint density at radius 1 is 1.44 bits per heavy atom. The molecule has 2 rings (SSSR count). The quantitative estimate of drug-likeness (QED) is 0.645. The van der Waals surface area contributed by atoms with E-state index in [0.717, 1.165) is 5.76 Å². The summed E-state index contributed by atoms with van der Waals surface area (Å²) in [6, 6.07) is 3.52. The van der Waals surface area contributed by atoms with Crippen LogP contribution in [0.5, 0.6) is 0 Å². The Morgan fingerprint density at radius 2 is 2.22 bits per heavy atom. The van der Waals surface area contributed by atoms with Crippen LogP contribution in [0, 0.1) is 6.92 Å². The van der Waals surface area contributed by atoms with Gasteiger partial charge in [-0.2, -0.15) is 0 Å². The summed E-state index contributed by atoms with van der Waals surface area (Å²) in [5, 5.41) is 7.12. The highest BCUT2D eigenvalue weighted by atomic mass is 32.2. The van der Waals surface area contributed by atoms with Crippen molar-refractivity contribution in [3.05, 3.63) is 36.0 Å². The fraction of sp³-hybridized carbons (Fsp3) is 0.273. The minimum absolute atomic E-state index is 0.0897. The predicted molar refractivity (Wildman–Crippen MR) is 65.8 cm³/mol. The molecule has 1 amide bonds. The van der Waals surface area contributed by atoms with Crippen LogP contribution in [-0.2, 0) is 11.3 Å². The van der Waals surface area contributed by atoms with Crippen LogP contribution in [0.25, 0.3) is 0 Å². The monoisotopic (exact) mass is 264 g/mol. The van der Waals surface area contributed by atoms with Crippen LogP contribution in [0.3, 0.4) is 0 Å². The molecule has 2 heterocycles. The molecule has 0 aliphatic heterocycles. The average Bonchev–Trinajstić information content (AvgIpc) is 2.81. The lowest BCUT2D eigenvalue weighted by molar-refractivity contribution is -0.118. The molecule has 0 unspecified atom stereocenters. The van der Waals surface area contributed by atoms with Gasteiger partial charge in [0.2, 0.25) is 5.91 Å². The maximum Gasteiger partial charge on any atom is 0.230 e. The fourth-order valence-corrected chi connectivity index (χ4v) is 1.86. The van der Waals surface area contributed by atoms with Gasteiger partial charge in [-0.25, -0.2) is 9.97 Å². The Hall–Kier alpha value is -1.89. The fourth-order valence-electron chi connectivity index (χ4n) is 1.23. The first-order valence-electron chi connectivity index (χ1n) is 5.33. The standard InChI is InChI=1S/C11H12N4O2S/c1-8-5-9(15-17-8)6-14-10(16)7-18-11-12-3-2-4-13-11/h2-5H,6-7H2,1H3,(H,14,16). The zero-order valence-corrected chi connectivity index (χ0v) is 10.6. The Labute approximate surface area is 108 Å². The van der Waals surface area contributed by atoms with Crippen LogP contribution in [0.4, 0.5) is 0 Å². The molecule has 7 heteroatoms. The Morgan fingerprint density at radius 3 is 2.89 bits per heavy atom. The van der Waals surface area contributed by atoms with Crippen LogP contribution >= 0.6 is 11.8 Å². The molecule has 0 aliphatic carbocycles. The maximum absolute atomic E-state index is 11.6. The number of thioether (sulfide) groups is 1. The summed E-state index contributed by atoms with van der Waals surface area (Å²) in [7, 11) is 0. The molecule has 0 fully saturated rings. The van der Waals surface area contributed by atoms with Crippen molar-refractivity contribution in [2.24, 2.45) is 0 Å². The molecular formula is C11H12N4O2S. The summed E-state index contributed by atoms with van der Waals surface area (Å²) < 4.78 is 4.90. The first-order valence-corrected chi connectivity index (χ1v) is 6.31. The van der Waals surface area contributed by atoms with E-state index < -0.39 is 0 Å². The molecular weight excluding hydrogens is 252 g/mol. The van der Waals surface area contributed by atoms with E-state index in [1.807, 2.05) is 0 Å². The van der Waals surface area contributed by atoms with Crippen LogP contribution in [-0.4, -0.2) is 26.8 Å². The maximum atomic E-state index is 11.6. The van der Waals surface area contributed by atoms with Gasteiger partial charge >= 0.3 is 0 Å². The number of aromatic nitrogens is 3. The molecule has 0 saturated heterocycles. The van der Waals surface area contributed by atoms with Gasteiger partial charge < -0.3 is 9.84 Å². The second-order valence-corrected chi connectivity index (χ2v) is 4.47. The lowest BCUT2D eigenvalue weighted by Gasteiger charge is -2.01. The summed E-state index contributed by atoms with van der Waals surface area (Å²) in [5.74, 6) is 0.917. The van der Waals surface area contributed by atoms with Crippen molar-refractivity contribution >= 4 is 17.7 Å². The molecule has 0 aliphatic rings. The average molecular weight is 264 g/mol. The van der Waals surface area contributed by atoms with Gasteiger partial charge in [-0.3, -0.25) is 4.79 Å². The normalized spacial score (nSPS) is 10.3. The predicted octanol–water partition coefficient (Wildman–Crippen LogP) is 1.18. The third-order valence-electron chi connectivity index (χ3n) is 2.02. The van der Waals surface area contributed by atoms with E-state index in [1.165, 1.54) is 11.8 Å². The Balaban J connectivity index is 1.73. The van der Waals surface area contributed by atoms with E-state index in [2.05, 4.69) is 20.4 Å². The lowest BCUT2D eigenvalue weighted by Crippen LogP contribution is -2.24. The molecule has 0 aromatic carbocycles. The van der Waals surface area contributed by atoms with Crippen LogP contribution in [0.15, 0.2) is 34.2 Å². The zero-order valence-electron chi connectivity index (χ0n) is 9.79. The molecule has 0 atom stereocenters. The molecule has 94 valence electrons. The molecule has 0 radical (unpaired) electrons. The summed E-state index contributed by atoms with van der Waals surface area (Å²) in [6.07, 6.45) is 3.29. The number of nitrogens with zero attached hydrogens (tertiary/aromatic N) is 3. The number of aryl methyl sites for hydroxylation is 1. The highest BCUT2D eigenvalue weighted by molar-refractivity contribution is 7.99. The zero-order chi connectivity index (χ0) is 12.8. The number of carbonyl (C=O) groups excluding carboxylic acids is 1. The molecule has 0 spiro atoms. The third-order valence-corrected chi connectivity index (χ3v) is 2.89. The Bertz CT molecular complexity index is 515. The summed E-state index contributed by atoms with van der Waals surface area (Å²) in [4.78, 5) is 19.6. The van der Waals surface area contributed by atoms with Crippen molar-refractivity contribution in [2.45, 2.75) is 18.6 Å². The van der Waals surface area contributed by atoms with Gasteiger partial charge in [-0.1, -0.05) is 16.9 Å². The molecule has 2 aromatic rings. The van der Waals surface area contributed by atoms with E-state index in [4.69, 9.17) is 4.52 Å². The SMILES string of the molecule is Cc1cc(CNC(=O)CSc2ncccn2)no1. The van der Waals surface area contributed by atoms with Crippen molar-refractivity contribution in [3.8, 4) is 0 Å². The van der Waals surface area contributed by atoms with Gasteiger partial charge in [0.05, 0.1) is 12.3 Å². The van der Waals surface area contributed by atoms with Gasteiger partial charge in [-0.05, 0) is 13.0 Å². The van der Waals surface area contributed by atoms with E-state index in [1.54, 1.807) is 31.5 Å². The van der Waals surface area contributed by atoms with Crippen molar-refractivity contribution < 1.29 is 9.32 Å². The number of nitrogens with one attached hydrogen (secondary N) is 1. The highest BCUT2D eigenvalue weighted by Gasteiger charge is 2.06. The van der Waals surface area contributed by atoms with E-state index in [9.17, 15) is 4.79 Å². The van der Waals surface area contributed by atoms with Gasteiger partial charge in [0, 0.05) is 18.5 Å². The first kappa shape index (κ1) is 12.6. The number of carbonyl (C=O) groups is 1. The highest BCUT2D eigenvalue weighted by Crippen LogP contribution is 2.10. The number of hydrogen-bond donors (Lipinski definition) is 1. The Kier molecular flexibility index (Phi) is 4.30. The summed E-state index contributed by atoms with van der Waals surface area (Å²) >= 11 is 1.29. The van der Waals surface area contributed by atoms with Crippen molar-refractivity contribution in [1.29, 1.82) is 0 Å². The van der Waals surface area contributed by atoms with Gasteiger partial charge in [0.1, 0.15) is 11.5 Å². The largest absolute Gasteiger partial charge is 0.361 e. The lowest BCUT2D eigenvalue weighted by atomic mass is 10.4. The molecule has 2 aromatic heterocycles. The minimum atomic E-state index is -0.0897. The van der Waals surface area contributed by atoms with Crippen LogP contribution in [0.2, 0.25) is 0 Å². The minimum Gasteiger partial charge on any atom is -0.361 e. The smallest absolute Gasteiger partial charge is 0.230 e. The second-order valence-electron chi connectivity index (χ2n) is 3.53. The molecule has 1 N–H and O–H groups in total. The molecule has 0 saturated carbocycles. The van der Waals surface area contributed by atoms with Gasteiger partial charge in [0.15, 0.2) is 5.16 Å². The first-order chi connectivity index (χ1) is 8.74. The van der Waals surface area contributed by atoms with E-state index in [-0.39, 0.29) is 11.7 Å². The van der Waals surface area contributed by atoms with Crippen LogP contribution < -0.4 is 5.32 Å². The van der Waals surface area contributed by atoms with E-state index >= 15 is 0 Å². The van der Waals surface area contributed by atoms with Gasteiger partial charge in [0.25, 0.3) is 0 Å². The summed E-state index contributed by atoms with van der Waals surface area (Å²) in [6.45, 7) is 2.17. The summed E-state index contributed by atoms with van der Waals surface area (Å²) in [5.41, 5.74) is 0.710. The molecule has 6 nitrogen and oxygen atoms in total. The third kappa shape index (κ3) is 3.85.